The Bertz CT molecular complexity index is 136. The number of rotatable bonds is 5. The molecule has 1 amide bonds. The van der Waals surface area contributed by atoms with Gasteiger partial charge >= 0.3 is 0 Å². The molecule has 0 saturated carbocycles. The van der Waals surface area contributed by atoms with Gasteiger partial charge in [0.2, 0.25) is 5.91 Å². The van der Waals surface area contributed by atoms with E-state index in [4.69, 9.17) is 5.11 Å². The average Bonchev–Trinajstić information content (AvgIpc) is 2.00. The minimum atomic E-state index is -0.771. The summed E-state index contributed by atoms with van der Waals surface area (Å²) < 4.78 is 4.59. The molecule has 4 nitrogen and oxygen atoms in total. The van der Waals surface area contributed by atoms with Crippen molar-refractivity contribution in [3.05, 3.63) is 12.7 Å². The Hall–Kier alpha value is -0.870. The number of aliphatic hydroxyl groups excluding tert-OH is 1. The standard InChI is InChI=1S/C7H13NO3/c1-3-6(9)4-7(10)8-5-11-2/h3,6,9H,1,4-5H2,2H3,(H,8,10)/t6-/m0/s1. The summed E-state index contributed by atoms with van der Waals surface area (Å²) in [5.74, 6) is -0.251. The maximum atomic E-state index is 10.8. The van der Waals surface area contributed by atoms with Crippen molar-refractivity contribution >= 4 is 5.91 Å². The van der Waals surface area contributed by atoms with E-state index in [1.165, 1.54) is 13.2 Å². The van der Waals surface area contributed by atoms with Crippen LogP contribution >= 0.6 is 0 Å². The number of aliphatic hydroxyl groups is 1. The number of carbonyl (C=O) groups excluding carboxylic acids is 1. The number of hydrogen-bond donors (Lipinski definition) is 2. The van der Waals surface area contributed by atoms with E-state index >= 15 is 0 Å². The normalized spacial score (nSPS) is 12.2. The molecule has 0 saturated heterocycles. The molecule has 4 heteroatoms. The lowest BCUT2D eigenvalue weighted by Gasteiger charge is -2.05. The van der Waals surface area contributed by atoms with Crippen LogP contribution in [0.25, 0.3) is 0 Å². The molecule has 0 aromatic carbocycles. The molecule has 2 N–H and O–H groups in total. The van der Waals surface area contributed by atoms with Crippen LogP contribution in [0.3, 0.4) is 0 Å². The minimum absolute atomic E-state index is 0.0346. The van der Waals surface area contributed by atoms with Crippen LogP contribution in [0.15, 0.2) is 12.7 Å². The molecule has 0 rings (SSSR count). The van der Waals surface area contributed by atoms with Crippen molar-refractivity contribution in [3.8, 4) is 0 Å². The quantitative estimate of drug-likeness (QED) is 0.425. The zero-order valence-electron chi connectivity index (χ0n) is 6.54. The monoisotopic (exact) mass is 159 g/mol. The van der Waals surface area contributed by atoms with Gasteiger partial charge in [0, 0.05) is 7.11 Å². The molecule has 0 aromatic heterocycles. The molecule has 0 radical (unpaired) electrons. The second-order valence-corrected chi connectivity index (χ2v) is 2.04. The van der Waals surface area contributed by atoms with Crippen LogP contribution in [0.5, 0.6) is 0 Å². The maximum Gasteiger partial charge on any atom is 0.224 e. The average molecular weight is 159 g/mol. The first-order valence-corrected chi connectivity index (χ1v) is 3.27. The first kappa shape index (κ1) is 10.1. The summed E-state index contributed by atoms with van der Waals surface area (Å²) in [5.41, 5.74) is 0. The summed E-state index contributed by atoms with van der Waals surface area (Å²) in [6.45, 7) is 3.50. The number of nitrogens with one attached hydrogen (secondary N) is 1. The number of methoxy groups -OCH3 is 1. The zero-order chi connectivity index (χ0) is 8.69. The number of ether oxygens (including phenoxy) is 1. The Kier molecular flexibility index (Phi) is 5.42. The molecule has 0 aliphatic rings. The third kappa shape index (κ3) is 5.57. The Morgan fingerprint density at radius 1 is 1.91 bits per heavy atom. The molecule has 0 fully saturated rings. The highest BCUT2D eigenvalue weighted by molar-refractivity contribution is 5.76. The van der Waals surface area contributed by atoms with Crippen molar-refractivity contribution in [2.24, 2.45) is 0 Å². The fourth-order valence-electron chi connectivity index (χ4n) is 0.498. The van der Waals surface area contributed by atoms with Crippen molar-refractivity contribution in [1.29, 1.82) is 0 Å². The molecular weight excluding hydrogens is 146 g/mol. The van der Waals surface area contributed by atoms with E-state index < -0.39 is 6.10 Å². The first-order valence-electron chi connectivity index (χ1n) is 3.27. The second kappa shape index (κ2) is 5.88. The Labute approximate surface area is 65.9 Å². The van der Waals surface area contributed by atoms with Crippen LogP contribution < -0.4 is 5.32 Å². The van der Waals surface area contributed by atoms with E-state index in [0.717, 1.165) is 0 Å². The van der Waals surface area contributed by atoms with Crippen molar-refractivity contribution in [2.45, 2.75) is 12.5 Å². The van der Waals surface area contributed by atoms with Gasteiger partial charge in [0.15, 0.2) is 0 Å². The SMILES string of the molecule is C=C[C@H](O)CC(=O)NCOC. The van der Waals surface area contributed by atoms with Crippen molar-refractivity contribution in [3.63, 3.8) is 0 Å². The topological polar surface area (TPSA) is 58.6 Å². The summed E-state index contributed by atoms with van der Waals surface area (Å²) in [6.07, 6.45) is 0.575. The van der Waals surface area contributed by atoms with Crippen LogP contribution in [0, 0.1) is 0 Å². The number of amides is 1. The van der Waals surface area contributed by atoms with Gasteiger partial charge < -0.3 is 15.2 Å². The second-order valence-electron chi connectivity index (χ2n) is 2.04. The van der Waals surface area contributed by atoms with Crippen LogP contribution in [0.1, 0.15) is 6.42 Å². The van der Waals surface area contributed by atoms with E-state index in [1.807, 2.05) is 0 Å². The Morgan fingerprint density at radius 2 is 2.55 bits per heavy atom. The van der Waals surface area contributed by atoms with Gasteiger partial charge in [-0.25, -0.2) is 0 Å². The molecule has 0 aromatic rings. The van der Waals surface area contributed by atoms with Crippen LogP contribution in [-0.4, -0.2) is 31.0 Å². The fourth-order valence-corrected chi connectivity index (χ4v) is 0.498. The third-order valence-electron chi connectivity index (χ3n) is 1.08. The first-order chi connectivity index (χ1) is 5.20. The van der Waals surface area contributed by atoms with Crippen LogP contribution in [0.4, 0.5) is 0 Å². The summed E-state index contributed by atoms with van der Waals surface area (Å²) >= 11 is 0. The molecule has 0 spiro atoms. The van der Waals surface area contributed by atoms with Gasteiger partial charge in [-0.05, 0) is 0 Å². The Balaban J connectivity index is 3.43. The predicted octanol–water partition coefficient (Wildman–Crippen LogP) is -0.357. The predicted molar refractivity (Wildman–Crippen MR) is 40.8 cm³/mol. The van der Waals surface area contributed by atoms with Crippen molar-refractivity contribution in [2.75, 3.05) is 13.8 Å². The number of hydrogen-bond acceptors (Lipinski definition) is 3. The van der Waals surface area contributed by atoms with Crippen molar-refractivity contribution < 1.29 is 14.6 Å². The van der Waals surface area contributed by atoms with Gasteiger partial charge in [-0.2, -0.15) is 0 Å². The Morgan fingerprint density at radius 3 is 3.00 bits per heavy atom. The van der Waals surface area contributed by atoms with Crippen molar-refractivity contribution in [1.82, 2.24) is 5.32 Å². The smallest absolute Gasteiger partial charge is 0.224 e. The molecule has 1 atom stereocenters. The number of carbonyl (C=O) groups is 1. The fraction of sp³-hybridized carbons (Fsp3) is 0.571. The molecule has 0 heterocycles. The molecule has 0 unspecified atom stereocenters. The van der Waals surface area contributed by atoms with E-state index in [2.05, 4.69) is 16.6 Å². The largest absolute Gasteiger partial charge is 0.389 e. The maximum absolute atomic E-state index is 10.8. The van der Waals surface area contributed by atoms with Gasteiger partial charge in [-0.1, -0.05) is 6.08 Å². The molecule has 64 valence electrons. The summed E-state index contributed by atoms with van der Waals surface area (Å²) in [7, 11) is 1.48. The van der Waals surface area contributed by atoms with Crippen LogP contribution in [-0.2, 0) is 9.53 Å². The zero-order valence-corrected chi connectivity index (χ0v) is 6.54. The third-order valence-corrected chi connectivity index (χ3v) is 1.08. The molecule has 0 aliphatic carbocycles. The van der Waals surface area contributed by atoms with E-state index in [0.29, 0.717) is 0 Å². The van der Waals surface area contributed by atoms with Gasteiger partial charge in [0.05, 0.1) is 12.5 Å². The highest BCUT2D eigenvalue weighted by Gasteiger charge is 2.05. The summed E-state index contributed by atoms with van der Waals surface area (Å²) in [6, 6.07) is 0. The van der Waals surface area contributed by atoms with Gasteiger partial charge in [-0.3, -0.25) is 4.79 Å². The lowest BCUT2D eigenvalue weighted by atomic mass is 10.2. The molecule has 11 heavy (non-hydrogen) atoms. The lowest BCUT2D eigenvalue weighted by molar-refractivity contribution is -0.123. The molecule has 0 aliphatic heterocycles. The van der Waals surface area contributed by atoms with E-state index in [-0.39, 0.29) is 19.1 Å². The molecule has 0 bridgehead atoms. The summed E-state index contributed by atoms with van der Waals surface area (Å²) in [5, 5.41) is 11.3. The van der Waals surface area contributed by atoms with E-state index in [1.54, 1.807) is 0 Å². The molecular formula is C7H13NO3. The summed E-state index contributed by atoms with van der Waals surface area (Å²) in [4.78, 5) is 10.8. The van der Waals surface area contributed by atoms with Gasteiger partial charge in [0.1, 0.15) is 6.73 Å². The highest BCUT2D eigenvalue weighted by Crippen LogP contribution is 1.90. The lowest BCUT2D eigenvalue weighted by Crippen LogP contribution is -2.28. The van der Waals surface area contributed by atoms with E-state index in [9.17, 15) is 4.79 Å². The van der Waals surface area contributed by atoms with Gasteiger partial charge in [0.25, 0.3) is 0 Å². The van der Waals surface area contributed by atoms with Gasteiger partial charge in [-0.15, -0.1) is 6.58 Å². The highest BCUT2D eigenvalue weighted by atomic mass is 16.5. The van der Waals surface area contributed by atoms with Crippen LogP contribution in [0.2, 0.25) is 0 Å². The minimum Gasteiger partial charge on any atom is -0.389 e.